The van der Waals surface area contributed by atoms with E-state index in [0.29, 0.717) is 11.0 Å². The van der Waals surface area contributed by atoms with Crippen LogP contribution in [0.5, 0.6) is 0 Å². The summed E-state index contributed by atoms with van der Waals surface area (Å²) >= 11 is 9.86. The Balaban J connectivity index is 1.18. The number of hydrogen-bond donors (Lipinski definition) is 7. The summed E-state index contributed by atoms with van der Waals surface area (Å²) in [7, 11) is -7.80. The van der Waals surface area contributed by atoms with Crippen molar-refractivity contribution in [3.8, 4) is 0 Å². The van der Waals surface area contributed by atoms with Crippen LogP contribution in [0.1, 0.15) is 18.0 Å². The summed E-state index contributed by atoms with van der Waals surface area (Å²) in [6, 6.07) is 1.62. The summed E-state index contributed by atoms with van der Waals surface area (Å²) in [4.78, 5) is 53.5. The molecular formula is C21H26FN9O8P2S3+2. The summed E-state index contributed by atoms with van der Waals surface area (Å²) < 4.78 is 48.3. The highest BCUT2D eigenvalue weighted by Gasteiger charge is 2.58. The van der Waals surface area contributed by atoms with Gasteiger partial charge >= 0.3 is 14.3 Å². The molecule has 0 spiro atoms. The molecule has 2 bridgehead atoms. The van der Waals surface area contributed by atoms with Crippen LogP contribution in [0.15, 0.2) is 29.7 Å². The Morgan fingerprint density at radius 2 is 1.84 bits per heavy atom. The first-order valence-electron chi connectivity index (χ1n) is 13.0. The first-order valence-corrected chi connectivity index (χ1v) is 19.4. The van der Waals surface area contributed by atoms with Gasteiger partial charge in [0.05, 0.1) is 36.2 Å². The van der Waals surface area contributed by atoms with Gasteiger partial charge in [-0.25, -0.2) is 19.3 Å². The molecule has 0 radical (unpaired) electrons. The van der Waals surface area contributed by atoms with Crippen LogP contribution in [-0.4, -0.2) is 86.8 Å². The Kier molecular flexibility index (Phi) is 7.99. The van der Waals surface area contributed by atoms with Crippen LogP contribution in [0.25, 0.3) is 22.2 Å². The highest BCUT2D eigenvalue weighted by Crippen LogP contribution is 2.68. The van der Waals surface area contributed by atoms with Gasteiger partial charge in [0.25, 0.3) is 5.56 Å². The number of anilines is 2. The number of nitrogens with two attached hydrogens (primary N) is 2. The number of halogens is 1. The summed E-state index contributed by atoms with van der Waals surface area (Å²) in [6.45, 7) is -0.520. The number of nitrogens with one attached hydrogen (secondary N) is 1. The van der Waals surface area contributed by atoms with E-state index < -0.39 is 62.5 Å². The summed E-state index contributed by atoms with van der Waals surface area (Å²) in [5.74, 6) is 0.103. The second-order valence-electron chi connectivity index (χ2n) is 10.2. The van der Waals surface area contributed by atoms with E-state index >= 15 is 4.39 Å². The Morgan fingerprint density at radius 1 is 1.07 bits per heavy atom. The lowest BCUT2D eigenvalue weighted by atomic mass is 10.1. The monoisotopic (exact) mass is 709 g/mol. The third-order valence-corrected chi connectivity index (χ3v) is 12.1. The number of aromatic amines is 1. The number of alkyl halides is 1. The van der Waals surface area contributed by atoms with Crippen LogP contribution in [0.4, 0.5) is 16.2 Å². The van der Waals surface area contributed by atoms with Gasteiger partial charge in [-0.05, 0) is 12.5 Å². The second kappa shape index (κ2) is 11.4. The highest BCUT2D eigenvalue weighted by atomic mass is 32.7. The zero-order chi connectivity index (χ0) is 31.0. The van der Waals surface area contributed by atoms with Gasteiger partial charge in [0.2, 0.25) is 5.95 Å². The van der Waals surface area contributed by atoms with Crippen molar-refractivity contribution in [2.45, 2.75) is 47.8 Å². The van der Waals surface area contributed by atoms with Crippen molar-refractivity contribution in [2.24, 2.45) is 0 Å². The van der Waals surface area contributed by atoms with Crippen molar-refractivity contribution in [1.82, 2.24) is 34.1 Å². The number of nitrogens with zero attached hydrogens (tertiary/aromatic N) is 6. The van der Waals surface area contributed by atoms with E-state index in [1.807, 2.05) is 0 Å². The van der Waals surface area contributed by atoms with Gasteiger partial charge in [-0.1, -0.05) is 0 Å². The number of aromatic nitrogens is 7. The lowest BCUT2D eigenvalue weighted by Gasteiger charge is -2.23. The minimum atomic E-state index is -3.92. The van der Waals surface area contributed by atoms with Crippen LogP contribution >= 0.6 is 50.5 Å². The van der Waals surface area contributed by atoms with Crippen molar-refractivity contribution in [2.75, 3.05) is 24.7 Å². The minimum Gasteiger partial charge on any atom is -0.383 e. The van der Waals surface area contributed by atoms with Gasteiger partial charge in [-0.2, -0.15) is 32.9 Å². The predicted octanol–water partition coefficient (Wildman–Crippen LogP) is 1.99. The molecule has 3 fully saturated rings. The maximum Gasteiger partial charge on any atom is 0.475 e. The van der Waals surface area contributed by atoms with Crippen molar-refractivity contribution < 1.29 is 37.0 Å². The van der Waals surface area contributed by atoms with Crippen LogP contribution in [0.3, 0.4) is 0 Å². The lowest BCUT2D eigenvalue weighted by Crippen LogP contribution is -2.34. The topological polar surface area (TPSA) is 233 Å². The van der Waals surface area contributed by atoms with E-state index in [9.17, 15) is 14.6 Å². The largest absolute Gasteiger partial charge is 0.475 e. The molecule has 23 heteroatoms. The zero-order valence-corrected chi connectivity index (χ0v) is 26.6. The Morgan fingerprint density at radius 3 is 2.66 bits per heavy atom. The number of hydrogen-bond acceptors (Lipinski definition) is 17. The molecule has 44 heavy (non-hydrogen) atoms. The van der Waals surface area contributed by atoms with Crippen LogP contribution < -0.4 is 17.0 Å². The summed E-state index contributed by atoms with van der Waals surface area (Å²) in [5, 5.41) is -0.450. The lowest BCUT2D eigenvalue weighted by molar-refractivity contribution is -0.0435. The Bertz CT molecular complexity index is 1780. The molecule has 3 aliphatic rings. The summed E-state index contributed by atoms with van der Waals surface area (Å²) in [5.41, 5.74) is 11.8. The van der Waals surface area contributed by atoms with Crippen molar-refractivity contribution >= 4 is 84.5 Å². The van der Waals surface area contributed by atoms with Gasteiger partial charge in [0.15, 0.2) is 29.7 Å². The van der Waals surface area contributed by atoms with Gasteiger partial charge < -0.3 is 20.8 Å². The van der Waals surface area contributed by atoms with Gasteiger partial charge in [-0.15, -0.1) is 11.8 Å². The Labute approximate surface area is 262 Å². The average molecular weight is 710 g/mol. The van der Waals surface area contributed by atoms with E-state index in [0.717, 1.165) is 0 Å². The molecule has 7 rings (SSSR count). The molecule has 17 nitrogen and oxygen atoms in total. The third-order valence-electron chi connectivity index (χ3n) is 7.32. The maximum atomic E-state index is 16.1. The second-order valence-corrected chi connectivity index (χ2v) is 17.5. The SMILES string of the molecule is Nc1nc2c(ncn2[C@@H]2S[C@@H]3CO[P+](O)(S)O[C@H]4[C@H](F)[C@H](n5ccc6c(N)ncnc65)O[C@@H]4CO[P+](O)(S)O[C@@H]2C3)c(=O)[nH]1. The standard InChI is InChI=1S/C21H25FN9O8P2S3/c22-12-14-11(37-19(12)30-2-1-9-15(23)25-6-26-16(9)30)5-36-40(33,42)38-10-3-8(4-35-41(34,43)39-14)44-20(10)31-7-27-13-17(31)28-21(24)29-18(13)32/h1-2,6-8,10-12,14,19-20,33-34,42-43H,3-5H2,(H4-,23,24,25,26,28,29,32)/q+1/p+1/t8-,10+,11+,12-,14+,19+,20+,40?,41?/m0/s1. The van der Waals surface area contributed by atoms with E-state index in [4.69, 9.17) is 34.3 Å². The molecule has 0 saturated carbocycles. The van der Waals surface area contributed by atoms with Gasteiger partial charge in [-0.3, -0.25) is 14.3 Å². The molecule has 9 atom stereocenters. The first-order chi connectivity index (χ1) is 20.9. The molecule has 0 amide bonds. The fourth-order valence-corrected chi connectivity index (χ4v) is 10.1. The molecule has 7 heterocycles. The Hall–Kier alpha value is -1.87. The first kappa shape index (κ1) is 30.8. The number of ether oxygens (including phenoxy) is 1. The number of imidazole rings is 1. The summed E-state index contributed by atoms with van der Waals surface area (Å²) in [6.07, 6.45) is -2.00. The average Bonchev–Trinajstić information content (AvgIpc) is 3.72. The molecule has 7 N–H and O–H groups in total. The van der Waals surface area contributed by atoms with E-state index in [-0.39, 0.29) is 41.2 Å². The molecule has 0 aromatic carbocycles. The fourth-order valence-electron chi connectivity index (χ4n) is 5.41. The maximum absolute atomic E-state index is 16.1. The predicted molar refractivity (Wildman–Crippen MR) is 166 cm³/mol. The number of thioether (sulfide) groups is 1. The van der Waals surface area contributed by atoms with Crippen molar-refractivity contribution in [3.05, 3.63) is 35.3 Å². The normalized spacial score (nSPS) is 36.6. The molecule has 0 aliphatic carbocycles. The molecule has 3 saturated heterocycles. The minimum absolute atomic E-state index is 0.0632. The molecule has 2 unspecified atom stereocenters. The number of thiol groups is 2. The number of rotatable bonds is 2. The molecule has 3 aliphatic heterocycles. The van der Waals surface area contributed by atoms with Crippen molar-refractivity contribution in [1.29, 1.82) is 0 Å². The van der Waals surface area contributed by atoms with Crippen LogP contribution in [0, 0.1) is 0 Å². The molecule has 4 aromatic rings. The van der Waals surface area contributed by atoms with Gasteiger partial charge in [0.1, 0.15) is 48.6 Å². The quantitative estimate of drug-likeness (QED) is 0.117. The number of nitrogen functional groups attached to an aromatic ring is 2. The van der Waals surface area contributed by atoms with E-state index in [2.05, 4.69) is 49.4 Å². The molecular weight excluding hydrogens is 683 g/mol. The fraction of sp³-hybridized carbons (Fsp3) is 0.476. The van der Waals surface area contributed by atoms with Gasteiger partial charge in [0, 0.05) is 11.4 Å². The third kappa shape index (κ3) is 5.67. The molecule has 236 valence electrons. The highest BCUT2D eigenvalue weighted by molar-refractivity contribution is 8.47. The number of H-pyrrole nitrogens is 1. The zero-order valence-electron chi connectivity index (χ0n) is 22.2. The number of fused-ring (bicyclic) bond motifs is 5. The van der Waals surface area contributed by atoms with Crippen molar-refractivity contribution in [3.63, 3.8) is 0 Å². The smallest absolute Gasteiger partial charge is 0.383 e. The van der Waals surface area contributed by atoms with E-state index in [1.54, 1.807) is 16.8 Å². The van der Waals surface area contributed by atoms with Crippen LogP contribution in [-0.2, 0) is 22.8 Å². The van der Waals surface area contributed by atoms with E-state index in [1.165, 1.54) is 29.0 Å². The van der Waals surface area contributed by atoms with Crippen LogP contribution in [0.2, 0.25) is 0 Å². The molecule has 4 aromatic heterocycles.